The maximum atomic E-state index is 2.32. The van der Waals surface area contributed by atoms with Gasteiger partial charge >= 0.3 is 0 Å². The molecule has 0 amide bonds. The molecule has 0 N–H and O–H groups in total. The van der Waals surface area contributed by atoms with E-state index in [2.05, 4.69) is 37.3 Å². The third-order valence-electron chi connectivity index (χ3n) is 17.7. The zero-order valence-electron chi connectivity index (χ0n) is 51.8. The summed E-state index contributed by atoms with van der Waals surface area (Å²) in [5.41, 5.74) is 1.51. The van der Waals surface area contributed by atoms with Crippen molar-refractivity contribution in [2.45, 2.75) is 437 Å². The number of benzene rings is 1. The molecule has 0 heteroatoms. The van der Waals surface area contributed by atoms with Crippen molar-refractivity contribution in [3.05, 3.63) is 35.9 Å². The summed E-state index contributed by atoms with van der Waals surface area (Å²) in [4.78, 5) is 0. The van der Waals surface area contributed by atoms with E-state index in [0.717, 1.165) is 0 Å². The third kappa shape index (κ3) is 62.1. The van der Waals surface area contributed by atoms with Crippen molar-refractivity contribution in [2.24, 2.45) is 0 Å². The standard InChI is InChI=1S/C74H142/c1-2-3-4-5-6-7-8-9-10-11-12-13-14-15-16-17-18-19-20-21-22-23-24-25-26-27-28-29-30-31-32-33-34-35-36-37-38-39-40-41-42-43-44-45-46-47-48-49-50-51-52-53-54-55-56-57-58-59-60-61-62-63-64-65-66-68-71-74-72-69-67-70-73-74/h67,69-70,72-73H,2-66,68,71H2,1H3. The molecule has 0 atom stereocenters. The first-order valence-electron chi connectivity index (χ1n) is 36.0. The lowest BCUT2D eigenvalue weighted by Crippen LogP contribution is -1.86. The minimum absolute atomic E-state index is 1.26. The van der Waals surface area contributed by atoms with E-state index < -0.39 is 0 Å². The largest absolute Gasteiger partial charge is 0.0654 e. The summed E-state index contributed by atoms with van der Waals surface area (Å²) in [6.07, 6.45) is 99.3. The molecule has 74 heavy (non-hydrogen) atoms. The molecule has 0 radical (unpaired) electrons. The van der Waals surface area contributed by atoms with Gasteiger partial charge in [0.25, 0.3) is 0 Å². The highest BCUT2D eigenvalue weighted by molar-refractivity contribution is 5.14. The Morgan fingerprint density at radius 2 is 0.270 bits per heavy atom. The van der Waals surface area contributed by atoms with Gasteiger partial charge in [-0.25, -0.2) is 0 Å². The van der Waals surface area contributed by atoms with E-state index in [0.29, 0.717) is 0 Å². The van der Waals surface area contributed by atoms with Crippen LogP contribution in [-0.2, 0) is 6.42 Å². The van der Waals surface area contributed by atoms with Crippen LogP contribution in [0.2, 0.25) is 0 Å². The van der Waals surface area contributed by atoms with Crippen LogP contribution in [0.1, 0.15) is 436 Å². The molecular weight excluding hydrogens is 889 g/mol. The molecule has 0 saturated heterocycles. The minimum atomic E-state index is 1.26. The SMILES string of the molecule is CCCCCCCCCCCCCCCCCCCCCCCCCCCCCCCCCCCCCCCCCCCCCCCCCCCCCCCCCCCCCCCCCCCCc1ccccc1. The van der Waals surface area contributed by atoms with Gasteiger partial charge in [0, 0.05) is 0 Å². The van der Waals surface area contributed by atoms with Gasteiger partial charge in [-0.1, -0.05) is 455 Å². The minimum Gasteiger partial charge on any atom is -0.0654 e. The Balaban J connectivity index is 1.58. The Morgan fingerprint density at radius 3 is 0.405 bits per heavy atom. The van der Waals surface area contributed by atoms with Gasteiger partial charge in [-0.2, -0.15) is 0 Å². The molecule has 0 aliphatic carbocycles. The molecule has 1 rings (SSSR count). The molecule has 0 aliphatic heterocycles. The first-order chi connectivity index (χ1) is 36.9. The predicted molar refractivity (Wildman–Crippen MR) is 341 cm³/mol. The second kappa shape index (κ2) is 66.5. The first-order valence-corrected chi connectivity index (χ1v) is 36.0. The Bertz CT molecular complexity index is 1070. The molecule has 0 saturated carbocycles. The van der Waals surface area contributed by atoms with E-state index in [1.807, 2.05) is 0 Å². The van der Waals surface area contributed by atoms with Gasteiger partial charge < -0.3 is 0 Å². The lowest BCUT2D eigenvalue weighted by Gasteiger charge is -2.05. The summed E-state index contributed by atoms with van der Waals surface area (Å²) >= 11 is 0. The molecule has 1 aromatic rings. The van der Waals surface area contributed by atoms with Crippen molar-refractivity contribution in [3.63, 3.8) is 0 Å². The molecule has 0 aliphatic rings. The molecule has 1 aromatic carbocycles. The van der Waals surface area contributed by atoms with Crippen molar-refractivity contribution < 1.29 is 0 Å². The van der Waals surface area contributed by atoms with Crippen molar-refractivity contribution in [2.75, 3.05) is 0 Å². The fourth-order valence-electron chi connectivity index (χ4n) is 12.4. The maximum absolute atomic E-state index is 2.32. The average Bonchev–Trinajstić information content (AvgIpc) is 3.42. The zero-order chi connectivity index (χ0) is 52.5. The molecule has 0 unspecified atom stereocenters. The third-order valence-corrected chi connectivity index (χ3v) is 17.7. The predicted octanol–water partition coefficient (Wildman–Crippen LogP) is 28.0. The van der Waals surface area contributed by atoms with Gasteiger partial charge in [-0.15, -0.1) is 0 Å². The second-order valence-corrected chi connectivity index (χ2v) is 25.2. The highest BCUT2D eigenvalue weighted by Crippen LogP contribution is 2.21. The van der Waals surface area contributed by atoms with Crippen LogP contribution < -0.4 is 0 Å². The van der Waals surface area contributed by atoms with E-state index in [9.17, 15) is 0 Å². The van der Waals surface area contributed by atoms with E-state index in [-0.39, 0.29) is 0 Å². The Kier molecular flexibility index (Phi) is 64.0. The van der Waals surface area contributed by atoms with Crippen LogP contribution >= 0.6 is 0 Å². The highest BCUT2D eigenvalue weighted by atomic mass is 14.1. The van der Waals surface area contributed by atoms with Gasteiger partial charge in [-0.05, 0) is 18.4 Å². The zero-order valence-corrected chi connectivity index (χ0v) is 51.8. The summed E-state index contributed by atoms with van der Waals surface area (Å²) in [5.74, 6) is 0. The van der Waals surface area contributed by atoms with Crippen molar-refractivity contribution in [3.8, 4) is 0 Å². The van der Waals surface area contributed by atoms with Crippen LogP contribution in [0, 0.1) is 0 Å². The summed E-state index contributed by atoms with van der Waals surface area (Å²) in [7, 11) is 0. The number of unbranched alkanes of at least 4 members (excludes halogenated alkanes) is 65. The van der Waals surface area contributed by atoms with Gasteiger partial charge in [0.1, 0.15) is 0 Å². The normalized spacial score (nSPS) is 11.7. The summed E-state index contributed by atoms with van der Waals surface area (Å²) in [5, 5.41) is 0. The van der Waals surface area contributed by atoms with Crippen molar-refractivity contribution in [1.82, 2.24) is 0 Å². The van der Waals surface area contributed by atoms with Crippen LogP contribution in [0.4, 0.5) is 0 Å². The van der Waals surface area contributed by atoms with Crippen LogP contribution in [0.15, 0.2) is 30.3 Å². The molecule has 0 heterocycles. The lowest BCUT2D eigenvalue weighted by molar-refractivity contribution is 0.506. The van der Waals surface area contributed by atoms with Crippen molar-refractivity contribution >= 4 is 0 Å². The fourth-order valence-corrected chi connectivity index (χ4v) is 12.4. The molecule has 0 fully saturated rings. The summed E-state index contributed by atoms with van der Waals surface area (Å²) < 4.78 is 0. The lowest BCUT2D eigenvalue weighted by atomic mass is 10.0. The van der Waals surface area contributed by atoms with Gasteiger partial charge in [-0.3, -0.25) is 0 Å². The number of aryl methyl sites for hydroxylation is 1. The smallest absolute Gasteiger partial charge is 0.0279 e. The van der Waals surface area contributed by atoms with Gasteiger partial charge in [0.15, 0.2) is 0 Å². The average molecular weight is 1030 g/mol. The fraction of sp³-hybridized carbons (Fsp3) is 0.919. The van der Waals surface area contributed by atoms with Crippen molar-refractivity contribution in [1.29, 1.82) is 0 Å². The summed E-state index contributed by atoms with van der Waals surface area (Å²) in [6, 6.07) is 11.0. The molecular formula is C74H142. The molecule has 438 valence electrons. The van der Waals surface area contributed by atoms with Crippen LogP contribution in [0.25, 0.3) is 0 Å². The van der Waals surface area contributed by atoms with Gasteiger partial charge in [0.05, 0.1) is 0 Å². The number of hydrogen-bond acceptors (Lipinski definition) is 0. The van der Waals surface area contributed by atoms with Crippen LogP contribution in [0.5, 0.6) is 0 Å². The van der Waals surface area contributed by atoms with Crippen LogP contribution in [0.3, 0.4) is 0 Å². The Hall–Kier alpha value is -0.780. The quantitative estimate of drug-likeness (QED) is 0.0571. The Morgan fingerprint density at radius 1 is 0.149 bits per heavy atom. The number of rotatable bonds is 67. The molecule has 0 aromatic heterocycles. The second-order valence-electron chi connectivity index (χ2n) is 25.2. The van der Waals surface area contributed by atoms with E-state index in [1.54, 1.807) is 0 Å². The topological polar surface area (TPSA) is 0 Å². The first kappa shape index (κ1) is 71.2. The Labute approximate surface area is 470 Å². The van der Waals surface area contributed by atoms with Crippen LogP contribution in [-0.4, -0.2) is 0 Å². The molecule has 0 bridgehead atoms. The van der Waals surface area contributed by atoms with Gasteiger partial charge in [0.2, 0.25) is 0 Å². The molecule has 0 spiro atoms. The van der Waals surface area contributed by atoms with E-state index in [4.69, 9.17) is 0 Å². The summed E-state index contributed by atoms with van der Waals surface area (Å²) in [6.45, 7) is 2.32. The van der Waals surface area contributed by atoms with E-state index in [1.165, 1.54) is 436 Å². The monoisotopic (exact) mass is 1030 g/mol. The molecule has 0 nitrogen and oxygen atoms in total. The van der Waals surface area contributed by atoms with E-state index >= 15 is 0 Å². The maximum Gasteiger partial charge on any atom is -0.0279 e. The highest BCUT2D eigenvalue weighted by Gasteiger charge is 2.01. The number of hydrogen-bond donors (Lipinski definition) is 0.